The number of Topliss-reactive ketones (excluding diaryl/α,β-unsaturated/α-hetero) is 1. The molecule has 180 valence electrons. The average Bonchev–Trinajstić information content (AvgIpc) is 3.36. The van der Waals surface area contributed by atoms with E-state index >= 15 is 8.78 Å². The van der Waals surface area contributed by atoms with E-state index in [1.54, 1.807) is 17.4 Å². The zero-order chi connectivity index (χ0) is 24.1. The smallest absolute Gasteiger partial charge is 0.215 e. The molecule has 5 nitrogen and oxygen atoms in total. The van der Waals surface area contributed by atoms with E-state index in [2.05, 4.69) is 9.88 Å². The van der Waals surface area contributed by atoms with E-state index in [4.69, 9.17) is 4.42 Å². The summed E-state index contributed by atoms with van der Waals surface area (Å²) in [5.41, 5.74) is 1.43. The van der Waals surface area contributed by atoms with Crippen molar-refractivity contribution in [3.8, 4) is 0 Å². The highest BCUT2D eigenvalue weighted by molar-refractivity contribution is 5.83. The molecule has 0 saturated carbocycles. The second-order valence-electron chi connectivity index (χ2n) is 8.77. The Morgan fingerprint density at radius 1 is 1.03 bits per heavy atom. The zero-order valence-corrected chi connectivity index (χ0v) is 19.7. The number of oxazole rings is 1. The molecule has 2 aromatic carbocycles. The monoisotopic (exact) mass is 467 g/mol. The Morgan fingerprint density at radius 2 is 1.68 bits per heavy atom. The van der Waals surface area contributed by atoms with Crippen LogP contribution in [-0.4, -0.2) is 41.8 Å². The molecule has 34 heavy (non-hydrogen) atoms. The molecule has 2 heterocycles. The largest absolute Gasteiger partial charge is 0.447 e. The van der Waals surface area contributed by atoms with Crippen molar-refractivity contribution in [3.05, 3.63) is 83.6 Å². The summed E-state index contributed by atoms with van der Waals surface area (Å²) >= 11 is 0. The van der Waals surface area contributed by atoms with Crippen molar-refractivity contribution in [2.75, 3.05) is 31.1 Å². The molecule has 1 unspecified atom stereocenters. The summed E-state index contributed by atoms with van der Waals surface area (Å²) in [6, 6.07) is 12.4. The Balaban J connectivity index is 1.48. The summed E-state index contributed by atoms with van der Waals surface area (Å²) in [6.45, 7) is 6.03. The maximum absolute atomic E-state index is 15.0. The first-order valence-corrected chi connectivity index (χ1v) is 12.0. The third kappa shape index (κ3) is 5.20. The SMILES string of the molecule is CCC(CC)C(=O)Cc1cc(F)c(N2CCN(C(c3ccccc3)c3ncco3)CC2)c(F)c1. The first kappa shape index (κ1) is 24.1. The van der Waals surface area contributed by atoms with Gasteiger partial charge in [-0.2, -0.15) is 0 Å². The van der Waals surface area contributed by atoms with Crippen molar-refractivity contribution in [2.45, 2.75) is 39.2 Å². The summed E-state index contributed by atoms with van der Waals surface area (Å²) in [5.74, 6) is -0.673. The van der Waals surface area contributed by atoms with Gasteiger partial charge in [0.05, 0.1) is 6.20 Å². The minimum Gasteiger partial charge on any atom is -0.447 e. The number of ketones is 1. The van der Waals surface area contributed by atoms with Gasteiger partial charge in [-0.15, -0.1) is 0 Å². The highest BCUT2D eigenvalue weighted by Gasteiger charge is 2.31. The lowest BCUT2D eigenvalue weighted by atomic mass is 9.93. The highest BCUT2D eigenvalue weighted by atomic mass is 19.1. The van der Waals surface area contributed by atoms with Gasteiger partial charge in [-0.1, -0.05) is 44.2 Å². The molecule has 0 N–H and O–H groups in total. The number of halogens is 2. The molecule has 1 saturated heterocycles. The summed E-state index contributed by atoms with van der Waals surface area (Å²) in [4.78, 5) is 20.7. The van der Waals surface area contributed by atoms with Gasteiger partial charge in [0.2, 0.25) is 5.89 Å². The van der Waals surface area contributed by atoms with Crippen LogP contribution in [0.1, 0.15) is 49.7 Å². The first-order chi connectivity index (χ1) is 16.5. The second kappa shape index (κ2) is 10.9. The molecule has 0 bridgehead atoms. The fourth-order valence-electron chi connectivity index (χ4n) is 4.83. The van der Waals surface area contributed by atoms with Crippen molar-refractivity contribution in [2.24, 2.45) is 5.92 Å². The Morgan fingerprint density at radius 3 is 2.24 bits per heavy atom. The molecule has 0 aliphatic carbocycles. The molecular formula is C27H31F2N3O2. The van der Waals surface area contributed by atoms with Crippen molar-refractivity contribution in [1.82, 2.24) is 9.88 Å². The van der Waals surface area contributed by atoms with Gasteiger partial charge in [0.15, 0.2) is 0 Å². The molecule has 1 aliphatic rings. The van der Waals surface area contributed by atoms with Gasteiger partial charge in [0, 0.05) is 38.5 Å². The fourth-order valence-corrected chi connectivity index (χ4v) is 4.83. The Kier molecular flexibility index (Phi) is 7.73. The van der Waals surface area contributed by atoms with E-state index in [0.29, 0.717) is 37.6 Å². The number of carbonyl (C=O) groups is 1. The Hall–Kier alpha value is -3.06. The van der Waals surface area contributed by atoms with Crippen molar-refractivity contribution in [1.29, 1.82) is 0 Å². The molecule has 0 radical (unpaired) electrons. The van der Waals surface area contributed by atoms with Crippen LogP contribution < -0.4 is 4.90 Å². The van der Waals surface area contributed by atoms with Gasteiger partial charge in [-0.25, -0.2) is 13.8 Å². The Labute approximate surface area is 199 Å². The van der Waals surface area contributed by atoms with Gasteiger partial charge < -0.3 is 9.32 Å². The lowest BCUT2D eigenvalue weighted by Crippen LogP contribution is -2.48. The molecule has 4 rings (SSSR count). The lowest BCUT2D eigenvalue weighted by Gasteiger charge is -2.39. The highest BCUT2D eigenvalue weighted by Crippen LogP contribution is 2.31. The normalized spacial score (nSPS) is 15.6. The average molecular weight is 468 g/mol. The van der Waals surface area contributed by atoms with E-state index < -0.39 is 11.6 Å². The van der Waals surface area contributed by atoms with E-state index in [1.165, 1.54) is 12.1 Å². The summed E-state index contributed by atoms with van der Waals surface area (Å²) in [5, 5.41) is 0. The first-order valence-electron chi connectivity index (χ1n) is 12.0. The lowest BCUT2D eigenvalue weighted by molar-refractivity contribution is -0.122. The molecule has 1 aromatic heterocycles. The van der Waals surface area contributed by atoms with E-state index in [0.717, 1.165) is 18.4 Å². The van der Waals surface area contributed by atoms with E-state index in [1.807, 2.05) is 44.2 Å². The van der Waals surface area contributed by atoms with Gasteiger partial charge in [-0.05, 0) is 36.1 Å². The van der Waals surface area contributed by atoms with Crippen LogP contribution in [0.5, 0.6) is 0 Å². The molecule has 7 heteroatoms. The fraction of sp³-hybridized carbons (Fsp3) is 0.407. The molecular weight excluding hydrogens is 436 g/mol. The van der Waals surface area contributed by atoms with Gasteiger partial charge in [0.1, 0.15) is 35.4 Å². The van der Waals surface area contributed by atoms with Gasteiger partial charge >= 0.3 is 0 Å². The number of anilines is 1. The number of rotatable bonds is 9. The van der Waals surface area contributed by atoms with Crippen molar-refractivity contribution < 1.29 is 18.0 Å². The molecule has 3 aromatic rings. The van der Waals surface area contributed by atoms with Gasteiger partial charge in [-0.3, -0.25) is 9.69 Å². The van der Waals surface area contributed by atoms with Crippen molar-refractivity contribution >= 4 is 11.5 Å². The van der Waals surface area contributed by atoms with Crippen LogP contribution in [-0.2, 0) is 11.2 Å². The number of benzene rings is 2. The minimum absolute atomic E-state index is 0.0224. The summed E-state index contributed by atoms with van der Waals surface area (Å²) < 4.78 is 35.7. The standard InChI is InChI=1S/C27H31F2N3O2/c1-3-20(4-2)24(33)18-19-16-22(28)26(23(29)17-19)32-13-11-31(12-14-32)25(27-30-10-15-34-27)21-8-6-5-7-9-21/h5-10,15-17,20,25H,3-4,11-14,18H2,1-2H3. The summed E-state index contributed by atoms with van der Waals surface area (Å²) in [7, 11) is 0. The predicted molar refractivity (Wildman–Crippen MR) is 128 cm³/mol. The van der Waals surface area contributed by atoms with Crippen LogP contribution in [0.15, 0.2) is 59.3 Å². The number of piperazine rings is 1. The maximum Gasteiger partial charge on any atom is 0.215 e. The van der Waals surface area contributed by atoms with Crippen LogP contribution >= 0.6 is 0 Å². The molecule has 1 fully saturated rings. The van der Waals surface area contributed by atoms with E-state index in [9.17, 15) is 4.79 Å². The molecule has 0 amide bonds. The van der Waals surface area contributed by atoms with Crippen LogP contribution in [0.4, 0.5) is 14.5 Å². The zero-order valence-electron chi connectivity index (χ0n) is 19.7. The third-order valence-corrected chi connectivity index (χ3v) is 6.69. The maximum atomic E-state index is 15.0. The van der Waals surface area contributed by atoms with Crippen LogP contribution in [0.3, 0.4) is 0 Å². The quantitative estimate of drug-likeness (QED) is 0.421. The summed E-state index contributed by atoms with van der Waals surface area (Å²) in [6.07, 6.45) is 4.72. The minimum atomic E-state index is -0.617. The van der Waals surface area contributed by atoms with Crippen molar-refractivity contribution in [3.63, 3.8) is 0 Å². The number of hydrogen-bond donors (Lipinski definition) is 0. The van der Waals surface area contributed by atoms with Crippen LogP contribution in [0, 0.1) is 17.6 Å². The molecule has 1 atom stereocenters. The predicted octanol–water partition coefficient (Wildman–Crippen LogP) is 5.41. The van der Waals surface area contributed by atoms with Crippen LogP contribution in [0.25, 0.3) is 0 Å². The van der Waals surface area contributed by atoms with E-state index in [-0.39, 0.29) is 29.9 Å². The van der Waals surface area contributed by atoms with Crippen LogP contribution in [0.2, 0.25) is 0 Å². The number of nitrogens with zero attached hydrogens (tertiary/aromatic N) is 3. The second-order valence-corrected chi connectivity index (χ2v) is 8.77. The number of hydrogen-bond acceptors (Lipinski definition) is 5. The number of carbonyl (C=O) groups excluding carboxylic acids is 1. The topological polar surface area (TPSA) is 49.6 Å². The Bertz CT molecular complexity index is 1050. The third-order valence-electron chi connectivity index (χ3n) is 6.69. The number of aromatic nitrogens is 1. The molecule has 1 aliphatic heterocycles. The van der Waals surface area contributed by atoms with Gasteiger partial charge in [0.25, 0.3) is 0 Å². The molecule has 0 spiro atoms.